The standard InChI is InChI=1S/C24H19N3/c25-16-20-8-6-18(7-9-20)14-23-17-26-24(27-23)15-19-10-12-22(13-11-19)21-4-2-1-3-5-21/h1-13,17H,14-15H2,(H,26,27). The van der Waals surface area contributed by atoms with Crippen LogP contribution in [0, 0.1) is 11.3 Å². The van der Waals surface area contributed by atoms with Gasteiger partial charge in [0.05, 0.1) is 11.6 Å². The summed E-state index contributed by atoms with van der Waals surface area (Å²) >= 11 is 0. The second-order valence-corrected chi connectivity index (χ2v) is 6.58. The Labute approximate surface area is 159 Å². The van der Waals surface area contributed by atoms with Crippen LogP contribution in [-0.4, -0.2) is 9.97 Å². The van der Waals surface area contributed by atoms with Crippen LogP contribution in [0.15, 0.2) is 85.1 Å². The molecule has 0 saturated heterocycles. The SMILES string of the molecule is N#Cc1ccc(Cc2cnc(Cc3ccc(-c4ccccc4)cc3)[nH]2)cc1. The van der Waals surface area contributed by atoms with Gasteiger partial charge in [0.1, 0.15) is 5.82 Å². The van der Waals surface area contributed by atoms with Crippen LogP contribution in [0.2, 0.25) is 0 Å². The van der Waals surface area contributed by atoms with Gasteiger partial charge in [-0.3, -0.25) is 0 Å². The molecule has 1 N–H and O–H groups in total. The first-order chi connectivity index (χ1) is 13.3. The van der Waals surface area contributed by atoms with Crippen molar-refractivity contribution in [3.05, 3.63) is 113 Å². The summed E-state index contributed by atoms with van der Waals surface area (Å²) in [5, 5.41) is 8.88. The summed E-state index contributed by atoms with van der Waals surface area (Å²) in [6.07, 6.45) is 3.46. The van der Waals surface area contributed by atoms with Crippen molar-refractivity contribution in [3.8, 4) is 17.2 Å². The van der Waals surface area contributed by atoms with Crippen LogP contribution in [0.1, 0.15) is 28.2 Å². The fraction of sp³-hybridized carbons (Fsp3) is 0.0833. The average molecular weight is 349 g/mol. The molecule has 0 aliphatic rings. The molecular formula is C24H19N3. The van der Waals surface area contributed by atoms with Gasteiger partial charge >= 0.3 is 0 Å². The zero-order chi connectivity index (χ0) is 18.5. The quantitative estimate of drug-likeness (QED) is 0.543. The van der Waals surface area contributed by atoms with Gasteiger partial charge in [-0.2, -0.15) is 5.26 Å². The first kappa shape index (κ1) is 16.8. The number of aromatic amines is 1. The van der Waals surface area contributed by atoms with Crippen molar-refractivity contribution < 1.29 is 0 Å². The number of benzene rings is 3. The Bertz CT molecular complexity index is 1050. The van der Waals surface area contributed by atoms with E-state index in [4.69, 9.17) is 5.26 Å². The molecule has 3 heteroatoms. The molecule has 0 bridgehead atoms. The van der Waals surface area contributed by atoms with Crippen LogP contribution < -0.4 is 0 Å². The molecule has 0 atom stereocenters. The lowest BCUT2D eigenvalue weighted by Gasteiger charge is -2.04. The third-order valence-electron chi connectivity index (χ3n) is 4.59. The number of aromatic nitrogens is 2. The van der Waals surface area contributed by atoms with Gasteiger partial charge in [-0.1, -0.05) is 66.7 Å². The highest BCUT2D eigenvalue weighted by Gasteiger charge is 2.05. The minimum Gasteiger partial charge on any atom is -0.345 e. The molecule has 3 aromatic carbocycles. The third kappa shape index (κ3) is 4.13. The number of rotatable bonds is 5. The highest BCUT2D eigenvalue weighted by atomic mass is 14.9. The third-order valence-corrected chi connectivity index (χ3v) is 4.59. The Morgan fingerprint density at radius 1 is 0.741 bits per heavy atom. The van der Waals surface area contributed by atoms with E-state index in [1.807, 2.05) is 36.5 Å². The minimum atomic E-state index is 0.683. The monoisotopic (exact) mass is 349 g/mol. The second-order valence-electron chi connectivity index (χ2n) is 6.58. The summed E-state index contributed by atoms with van der Waals surface area (Å²) in [5.74, 6) is 0.964. The lowest BCUT2D eigenvalue weighted by molar-refractivity contribution is 1.000. The second kappa shape index (κ2) is 7.72. The Morgan fingerprint density at radius 3 is 2.07 bits per heavy atom. The molecule has 0 amide bonds. The predicted molar refractivity (Wildman–Crippen MR) is 107 cm³/mol. The highest BCUT2D eigenvalue weighted by molar-refractivity contribution is 5.63. The Kier molecular flexibility index (Phi) is 4.80. The van der Waals surface area contributed by atoms with Crippen LogP contribution in [0.5, 0.6) is 0 Å². The normalized spacial score (nSPS) is 10.5. The summed E-state index contributed by atoms with van der Waals surface area (Å²) < 4.78 is 0. The van der Waals surface area contributed by atoms with Gasteiger partial charge in [-0.25, -0.2) is 4.98 Å². The number of nitrogens with one attached hydrogen (secondary N) is 1. The molecule has 0 unspecified atom stereocenters. The van der Waals surface area contributed by atoms with Crippen molar-refractivity contribution in [2.75, 3.05) is 0 Å². The zero-order valence-corrected chi connectivity index (χ0v) is 14.9. The van der Waals surface area contributed by atoms with E-state index in [-0.39, 0.29) is 0 Å². The van der Waals surface area contributed by atoms with Gasteiger partial charge < -0.3 is 4.98 Å². The Morgan fingerprint density at radius 2 is 1.37 bits per heavy atom. The fourth-order valence-corrected chi connectivity index (χ4v) is 3.14. The van der Waals surface area contributed by atoms with Crippen LogP contribution in [0.25, 0.3) is 11.1 Å². The van der Waals surface area contributed by atoms with Gasteiger partial charge in [-0.15, -0.1) is 0 Å². The molecule has 0 aliphatic carbocycles. The molecule has 1 heterocycles. The smallest absolute Gasteiger partial charge is 0.110 e. The summed E-state index contributed by atoms with van der Waals surface area (Å²) in [4.78, 5) is 7.92. The molecule has 0 spiro atoms. The number of nitriles is 1. The first-order valence-corrected chi connectivity index (χ1v) is 8.96. The molecule has 0 saturated carbocycles. The van der Waals surface area contributed by atoms with E-state index in [1.54, 1.807) is 0 Å². The molecule has 1 aromatic heterocycles. The van der Waals surface area contributed by atoms with E-state index in [1.165, 1.54) is 16.7 Å². The number of nitrogens with zero attached hydrogens (tertiary/aromatic N) is 2. The van der Waals surface area contributed by atoms with E-state index in [9.17, 15) is 0 Å². The summed E-state index contributed by atoms with van der Waals surface area (Å²) in [7, 11) is 0. The number of hydrogen-bond donors (Lipinski definition) is 1. The summed E-state index contributed by atoms with van der Waals surface area (Å²) in [6, 6.07) is 28.8. The van der Waals surface area contributed by atoms with Gasteiger partial charge in [0.15, 0.2) is 0 Å². The average Bonchev–Trinajstić information content (AvgIpc) is 3.16. The van der Waals surface area contributed by atoms with Crippen molar-refractivity contribution >= 4 is 0 Å². The summed E-state index contributed by atoms with van der Waals surface area (Å²) in [6.45, 7) is 0. The van der Waals surface area contributed by atoms with Crippen molar-refractivity contribution in [3.63, 3.8) is 0 Å². The maximum absolute atomic E-state index is 8.88. The molecule has 3 nitrogen and oxygen atoms in total. The Balaban J connectivity index is 1.42. The van der Waals surface area contributed by atoms with Gasteiger partial charge in [0.2, 0.25) is 0 Å². The van der Waals surface area contributed by atoms with Gasteiger partial charge in [-0.05, 0) is 34.4 Å². The molecule has 4 rings (SSSR count). The van der Waals surface area contributed by atoms with Crippen LogP contribution >= 0.6 is 0 Å². The molecule has 0 aliphatic heterocycles. The van der Waals surface area contributed by atoms with Crippen molar-refractivity contribution in [2.24, 2.45) is 0 Å². The van der Waals surface area contributed by atoms with Gasteiger partial charge in [0, 0.05) is 24.7 Å². The largest absolute Gasteiger partial charge is 0.345 e. The zero-order valence-electron chi connectivity index (χ0n) is 14.9. The van der Waals surface area contributed by atoms with Gasteiger partial charge in [0.25, 0.3) is 0 Å². The lowest BCUT2D eigenvalue weighted by atomic mass is 10.0. The van der Waals surface area contributed by atoms with E-state index in [2.05, 4.69) is 64.6 Å². The minimum absolute atomic E-state index is 0.683. The molecule has 0 radical (unpaired) electrons. The van der Waals surface area contributed by atoms with Crippen molar-refractivity contribution in [1.82, 2.24) is 9.97 Å². The molecule has 27 heavy (non-hydrogen) atoms. The summed E-state index contributed by atoms with van der Waals surface area (Å²) in [5.41, 5.74) is 6.61. The lowest BCUT2D eigenvalue weighted by Crippen LogP contribution is -1.93. The maximum Gasteiger partial charge on any atom is 0.110 e. The molecule has 0 fully saturated rings. The predicted octanol–water partition coefficient (Wildman–Crippen LogP) is 5.13. The van der Waals surface area contributed by atoms with E-state index >= 15 is 0 Å². The highest BCUT2D eigenvalue weighted by Crippen LogP contribution is 2.20. The van der Waals surface area contributed by atoms with E-state index in [0.29, 0.717) is 5.56 Å². The van der Waals surface area contributed by atoms with Crippen molar-refractivity contribution in [2.45, 2.75) is 12.8 Å². The van der Waals surface area contributed by atoms with Crippen LogP contribution in [-0.2, 0) is 12.8 Å². The fourth-order valence-electron chi connectivity index (χ4n) is 3.14. The molecule has 130 valence electrons. The van der Waals surface area contributed by atoms with E-state index < -0.39 is 0 Å². The number of imidazole rings is 1. The Hall–Kier alpha value is -3.64. The first-order valence-electron chi connectivity index (χ1n) is 8.96. The molecule has 4 aromatic rings. The molecular weight excluding hydrogens is 330 g/mol. The maximum atomic E-state index is 8.88. The van der Waals surface area contributed by atoms with Crippen LogP contribution in [0.4, 0.5) is 0 Å². The topological polar surface area (TPSA) is 52.5 Å². The van der Waals surface area contributed by atoms with Crippen molar-refractivity contribution in [1.29, 1.82) is 5.26 Å². The van der Waals surface area contributed by atoms with Crippen LogP contribution in [0.3, 0.4) is 0 Å². The van der Waals surface area contributed by atoms with E-state index in [0.717, 1.165) is 29.9 Å². The number of H-pyrrole nitrogens is 1. The number of hydrogen-bond acceptors (Lipinski definition) is 2.